The van der Waals surface area contributed by atoms with Crippen molar-refractivity contribution in [1.29, 1.82) is 0 Å². The first-order valence-electron chi connectivity index (χ1n) is 14.4. The number of ketones is 1. The van der Waals surface area contributed by atoms with E-state index in [0.717, 1.165) is 12.0 Å². The molecule has 234 valence electrons. The minimum Gasteiger partial charge on any atom is -0.493 e. The second-order valence-corrected chi connectivity index (χ2v) is 12.7. The summed E-state index contributed by atoms with van der Waals surface area (Å²) in [5.41, 5.74) is -0.0615. The zero-order chi connectivity index (χ0) is 32.4. The molecule has 0 aromatic heterocycles. The van der Waals surface area contributed by atoms with Gasteiger partial charge in [0, 0.05) is 16.5 Å². The third-order valence-corrected chi connectivity index (χ3v) is 6.40. The smallest absolute Gasteiger partial charge is 0.314 e. The molecule has 8 heteroatoms. The first kappa shape index (κ1) is 35.1. The number of carbonyl (C=O) groups is 3. The van der Waals surface area contributed by atoms with Crippen molar-refractivity contribution in [2.24, 2.45) is 10.8 Å². The summed E-state index contributed by atoms with van der Waals surface area (Å²) in [7, 11) is 0. The quantitative estimate of drug-likeness (QED) is 0.0722. The van der Waals surface area contributed by atoms with Gasteiger partial charge >= 0.3 is 11.9 Å². The Labute approximate surface area is 256 Å². The predicted octanol–water partition coefficient (Wildman–Crippen LogP) is 7.69. The summed E-state index contributed by atoms with van der Waals surface area (Å²) in [6.45, 7) is 20.4. The Bertz CT molecular complexity index is 1310. The van der Waals surface area contributed by atoms with Crippen LogP contribution in [0.3, 0.4) is 0 Å². The summed E-state index contributed by atoms with van der Waals surface area (Å²) in [6, 6.07) is 10.3. The topological polar surface area (TPSA) is 97.4 Å². The van der Waals surface area contributed by atoms with E-state index in [2.05, 4.69) is 6.58 Å². The highest BCUT2D eigenvalue weighted by Crippen LogP contribution is 2.41. The normalized spacial score (nSPS) is 12.0. The number of rotatable bonds is 14. The van der Waals surface area contributed by atoms with Crippen molar-refractivity contribution < 1.29 is 38.1 Å². The lowest BCUT2D eigenvalue weighted by atomic mass is 9.83. The fourth-order valence-corrected chi connectivity index (χ4v) is 3.55. The van der Waals surface area contributed by atoms with E-state index in [1.54, 1.807) is 78.0 Å². The zero-order valence-electron chi connectivity index (χ0n) is 27.0. The van der Waals surface area contributed by atoms with Crippen molar-refractivity contribution in [3.8, 4) is 17.2 Å². The summed E-state index contributed by atoms with van der Waals surface area (Å²) in [6.07, 6.45) is 5.67. The third kappa shape index (κ3) is 10.3. The first-order valence-corrected chi connectivity index (χ1v) is 14.4. The van der Waals surface area contributed by atoms with E-state index in [9.17, 15) is 14.4 Å². The van der Waals surface area contributed by atoms with E-state index in [-0.39, 0.29) is 25.3 Å². The molecule has 0 amide bonds. The van der Waals surface area contributed by atoms with Crippen LogP contribution in [0.2, 0.25) is 0 Å². The Morgan fingerprint density at radius 3 is 1.84 bits per heavy atom. The zero-order valence-corrected chi connectivity index (χ0v) is 27.0. The van der Waals surface area contributed by atoms with Crippen LogP contribution in [-0.2, 0) is 24.5 Å². The Hall–Kier alpha value is -4.07. The van der Waals surface area contributed by atoms with E-state index >= 15 is 0 Å². The maximum atomic E-state index is 13.2. The lowest BCUT2D eigenvalue weighted by Crippen LogP contribution is -2.25. The maximum Gasteiger partial charge on any atom is 0.314 e. The number of carbonyl (C=O) groups excluding carboxylic acids is 3. The predicted molar refractivity (Wildman–Crippen MR) is 167 cm³/mol. The Balaban J connectivity index is 2.36. The Morgan fingerprint density at radius 1 is 0.767 bits per heavy atom. The molecule has 2 aromatic carbocycles. The van der Waals surface area contributed by atoms with E-state index in [0.29, 0.717) is 35.0 Å². The van der Waals surface area contributed by atoms with Crippen LogP contribution in [0.15, 0.2) is 55.1 Å². The van der Waals surface area contributed by atoms with Crippen LogP contribution < -0.4 is 14.2 Å². The van der Waals surface area contributed by atoms with Crippen molar-refractivity contribution in [2.45, 2.75) is 74.1 Å². The van der Waals surface area contributed by atoms with Gasteiger partial charge in [-0.3, -0.25) is 14.4 Å². The molecule has 0 spiro atoms. The number of benzene rings is 2. The van der Waals surface area contributed by atoms with Crippen LogP contribution >= 0.6 is 0 Å². The van der Waals surface area contributed by atoms with Gasteiger partial charge in [0.25, 0.3) is 0 Å². The number of ether oxygens (including phenoxy) is 5. The van der Waals surface area contributed by atoms with Crippen molar-refractivity contribution >= 4 is 23.8 Å². The summed E-state index contributed by atoms with van der Waals surface area (Å²) in [4.78, 5) is 37.5. The minimum atomic E-state index is -0.689. The highest BCUT2D eigenvalue weighted by molar-refractivity contribution is 6.07. The SMILES string of the molecule is C=CC(C)(C)c1ccc(OCCC)c(/C=C/C(=O)c2ccc(OCOC(=O)C(C)(C)C)cc2)c1OCOC(=O)C(C)(C)C. The number of allylic oxidation sites excluding steroid dienone is 2. The van der Waals surface area contributed by atoms with Gasteiger partial charge in [-0.15, -0.1) is 6.58 Å². The summed E-state index contributed by atoms with van der Waals surface area (Å²) < 4.78 is 28.1. The summed E-state index contributed by atoms with van der Waals surface area (Å²) in [5, 5.41) is 0. The average molecular weight is 595 g/mol. The van der Waals surface area contributed by atoms with Gasteiger partial charge in [0.2, 0.25) is 13.6 Å². The van der Waals surface area contributed by atoms with E-state index < -0.39 is 22.2 Å². The van der Waals surface area contributed by atoms with E-state index in [1.165, 1.54) is 6.08 Å². The molecule has 2 aromatic rings. The molecule has 0 aliphatic carbocycles. The lowest BCUT2D eigenvalue weighted by Gasteiger charge is -2.26. The van der Waals surface area contributed by atoms with Crippen molar-refractivity contribution in [3.05, 3.63) is 71.8 Å². The molecule has 0 fully saturated rings. The Kier molecular flexibility index (Phi) is 12.2. The fourth-order valence-electron chi connectivity index (χ4n) is 3.55. The molecular formula is C35H46O8. The van der Waals surface area contributed by atoms with Crippen LogP contribution in [0.4, 0.5) is 0 Å². The summed E-state index contributed by atoms with van der Waals surface area (Å²) in [5.74, 6) is 0.381. The first-order chi connectivity index (χ1) is 20.0. The molecule has 43 heavy (non-hydrogen) atoms. The maximum absolute atomic E-state index is 13.2. The molecule has 0 N–H and O–H groups in total. The second kappa shape index (κ2) is 14.9. The molecule has 0 unspecified atom stereocenters. The highest BCUT2D eigenvalue weighted by Gasteiger charge is 2.27. The van der Waals surface area contributed by atoms with Gasteiger partial charge in [0.05, 0.1) is 23.0 Å². The van der Waals surface area contributed by atoms with E-state index in [1.807, 2.05) is 32.9 Å². The van der Waals surface area contributed by atoms with Crippen LogP contribution in [0.1, 0.15) is 90.2 Å². The molecule has 0 radical (unpaired) electrons. The molecule has 8 nitrogen and oxygen atoms in total. The molecule has 0 bridgehead atoms. The van der Waals surface area contributed by atoms with Gasteiger partial charge < -0.3 is 23.7 Å². The monoisotopic (exact) mass is 594 g/mol. The molecule has 2 rings (SSSR count). The summed E-state index contributed by atoms with van der Waals surface area (Å²) >= 11 is 0. The standard InChI is InChI=1S/C35H46O8/c1-11-21-39-29-20-18-27(35(9,10)12-2)30(41-23-43-32(38)34(6,7)8)26(29)17-19-28(36)24-13-15-25(16-14-24)40-22-42-31(37)33(3,4)5/h12-20H,2,11,21-23H2,1,3-10H3/b19-17+. The van der Waals surface area contributed by atoms with Gasteiger partial charge in [-0.05, 0) is 90.4 Å². The minimum absolute atomic E-state index is 0.227. The van der Waals surface area contributed by atoms with Gasteiger partial charge in [-0.25, -0.2) is 0 Å². The molecular weight excluding hydrogens is 548 g/mol. The van der Waals surface area contributed by atoms with Gasteiger partial charge in [-0.1, -0.05) is 32.9 Å². The molecule has 0 aliphatic rings. The van der Waals surface area contributed by atoms with E-state index in [4.69, 9.17) is 23.7 Å². The largest absolute Gasteiger partial charge is 0.493 e. The molecule has 0 saturated heterocycles. The number of hydrogen-bond donors (Lipinski definition) is 0. The molecule has 0 saturated carbocycles. The molecule has 0 heterocycles. The fraction of sp³-hybridized carbons (Fsp3) is 0.457. The van der Waals surface area contributed by atoms with Gasteiger partial charge in [-0.2, -0.15) is 0 Å². The van der Waals surface area contributed by atoms with Crippen molar-refractivity contribution in [3.63, 3.8) is 0 Å². The number of esters is 2. The lowest BCUT2D eigenvalue weighted by molar-refractivity contribution is -0.160. The average Bonchev–Trinajstić information content (AvgIpc) is 2.94. The van der Waals surface area contributed by atoms with Crippen molar-refractivity contribution in [1.82, 2.24) is 0 Å². The van der Waals surface area contributed by atoms with Crippen LogP contribution in [-0.4, -0.2) is 37.9 Å². The molecule has 0 atom stereocenters. The van der Waals surface area contributed by atoms with Gasteiger partial charge in [0.15, 0.2) is 5.78 Å². The van der Waals surface area contributed by atoms with Crippen LogP contribution in [0.25, 0.3) is 6.08 Å². The second-order valence-electron chi connectivity index (χ2n) is 12.7. The van der Waals surface area contributed by atoms with Crippen LogP contribution in [0.5, 0.6) is 17.2 Å². The molecule has 0 aliphatic heterocycles. The van der Waals surface area contributed by atoms with Gasteiger partial charge in [0.1, 0.15) is 17.2 Å². The van der Waals surface area contributed by atoms with Crippen molar-refractivity contribution in [2.75, 3.05) is 20.2 Å². The Morgan fingerprint density at radius 2 is 1.33 bits per heavy atom. The third-order valence-electron chi connectivity index (χ3n) is 6.40. The number of hydrogen-bond acceptors (Lipinski definition) is 8. The van der Waals surface area contributed by atoms with Crippen LogP contribution in [0, 0.1) is 10.8 Å². The highest BCUT2D eigenvalue weighted by atomic mass is 16.7.